The highest BCUT2D eigenvalue weighted by molar-refractivity contribution is 6.04. The second-order valence-electron chi connectivity index (χ2n) is 9.81. The average Bonchev–Trinajstić information content (AvgIpc) is 2.76. The van der Waals surface area contributed by atoms with E-state index < -0.39 is 23.4 Å². The number of carbonyl (C=O) groups excluding carboxylic acids is 4. The van der Waals surface area contributed by atoms with Gasteiger partial charge in [0, 0.05) is 23.4 Å². The maximum Gasteiger partial charge on any atom is 0.437 e. The Balaban J connectivity index is 2.04. The van der Waals surface area contributed by atoms with E-state index in [-0.39, 0.29) is 18.4 Å². The van der Waals surface area contributed by atoms with Gasteiger partial charge in [-0.05, 0) is 71.4 Å². The van der Waals surface area contributed by atoms with E-state index in [1.54, 1.807) is 90.1 Å². The minimum Gasteiger partial charge on any atom is -0.444 e. The number of guanidine groups is 1. The van der Waals surface area contributed by atoms with Crippen molar-refractivity contribution in [1.29, 1.82) is 0 Å². The Morgan fingerprint density at radius 2 is 1.44 bits per heavy atom. The number of alkyl carbamates (subject to hydrolysis) is 1. The van der Waals surface area contributed by atoms with Crippen LogP contribution in [0.25, 0.3) is 0 Å². The van der Waals surface area contributed by atoms with Crippen molar-refractivity contribution in [2.75, 3.05) is 5.32 Å². The summed E-state index contributed by atoms with van der Waals surface area (Å²) in [7, 11) is 0. The number of hydrogen-bond acceptors (Lipinski definition) is 6. The summed E-state index contributed by atoms with van der Waals surface area (Å²) in [4.78, 5) is 51.3. The van der Waals surface area contributed by atoms with Crippen LogP contribution in [0.5, 0.6) is 0 Å². The van der Waals surface area contributed by atoms with Gasteiger partial charge in [0.05, 0.1) is 0 Å². The molecular formula is C26H32N4O6. The van der Waals surface area contributed by atoms with Gasteiger partial charge >= 0.3 is 12.2 Å². The molecule has 10 heteroatoms. The molecule has 2 aromatic carbocycles. The van der Waals surface area contributed by atoms with Crippen molar-refractivity contribution in [1.82, 2.24) is 10.6 Å². The molecule has 0 bridgehead atoms. The number of hydrogen-bond donors (Lipinski definition) is 3. The van der Waals surface area contributed by atoms with Gasteiger partial charge in [-0.25, -0.2) is 9.59 Å². The maximum atomic E-state index is 12.4. The summed E-state index contributed by atoms with van der Waals surface area (Å²) in [6.45, 7) is 10.5. The number of ether oxygens (including phenoxy) is 2. The molecule has 192 valence electrons. The Kier molecular flexibility index (Phi) is 9.32. The van der Waals surface area contributed by atoms with Crippen LogP contribution in [-0.4, -0.2) is 41.5 Å². The minimum absolute atomic E-state index is 0.130. The second-order valence-corrected chi connectivity index (χ2v) is 9.81. The molecule has 0 aromatic heterocycles. The number of aldehydes is 1. The summed E-state index contributed by atoms with van der Waals surface area (Å²) >= 11 is 0. The summed E-state index contributed by atoms with van der Waals surface area (Å²) in [6.07, 6.45) is -0.946. The van der Waals surface area contributed by atoms with Crippen LogP contribution >= 0.6 is 0 Å². The third-order valence-corrected chi connectivity index (χ3v) is 4.20. The number of anilines is 1. The molecule has 0 aliphatic carbocycles. The Morgan fingerprint density at radius 3 is 1.97 bits per heavy atom. The molecule has 3 amide bonds. The van der Waals surface area contributed by atoms with Gasteiger partial charge in [0.15, 0.2) is 0 Å². The van der Waals surface area contributed by atoms with Crippen molar-refractivity contribution in [3.05, 3.63) is 65.2 Å². The van der Waals surface area contributed by atoms with Gasteiger partial charge in [-0.15, -0.1) is 4.99 Å². The molecule has 36 heavy (non-hydrogen) atoms. The molecule has 2 rings (SSSR count). The molecule has 10 nitrogen and oxygen atoms in total. The highest BCUT2D eigenvalue weighted by atomic mass is 16.6. The zero-order valence-electron chi connectivity index (χ0n) is 21.3. The molecule has 0 heterocycles. The van der Waals surface area contributed by atoms with E-state index >= 15 is 0 Å². The highest BCUT2D eigenvalue weighted by Gasteiger charge is 2.20. The molecule has 3 N–H and O–H groups in total. The van der Waals surface area contributed by atoms with E-state index in [9.17, 15) is 19.2 Å². The summed E-state index contributed by atoms with van der Waals surface area (Å²) < 4.78 is 10.4. The van der Waals surface area contributed by atoms with Gasteiger partial charge < -0.3 is 20.1 Å². The first-order chi connectivity index (χ1) is 16.7. The number of nitrogens with zero attached hydrogens (tertiary/aromatic N) is 1. The highest BCUT2D eigenvalue weighted by Crippen LogP contribution is 2.13. The standard InChI is InChI=1S/C26H32N4O6/c1-25(2,3)35-23(33)29-22(30-24(34)36-26(4,5)6)27-15-17-9-13-20(14-10-17)28-21(32)19-11-7-18(16-31)8-12-19/h7-14,16H,15H2,1-6H3,(H,28,32)(H2,27,29,30,33,34). The summed E-state index contributed by atoms with van der Waals surface area (Å²) in [5.74, 6) is -0.443. The molecule has 0 aliphatic rings. The predicted octanol–water partition coefficient (Wildman–Crippen LogP) is 4.66. The largest absolute Gasteiger partial charge is 0.444 e. The van der Waals surface area contributed by atoms with Crippen molar-refractivity contribution >= 4 is 36.0 Å². The normalized spacial score (nSPS) is 11.8. The van der Waals surface area contributed by atoms with Gasteiger partial charge in [0.1, 0.15) is 17.5 Å². The number of benzene rings is 2. The number of nitrogens with one attached hydrogen (secondary N) is 3. The van der Waals surface area contributed by atoms with E-state index in [4.69, 9.17) is 9.47 Å². The maximum absolute atomic E-state index is 12.4. The molecule has 0 unspecified atom stereocenters. The van der Waals surface area contributed by atoms with Crippen molar-refractivity contribution < 1.29 is 28.7 Å². The van der Waals surface area contributed by atoms with Crippen LogP contribution in [0, 0.1) is 0 Å². The van der Waals surface area contributed by atoms with Gasteiger partial charge in [-0.1, -0.05) is 24.3 Å². The molecule has 0 radical (unpaired) electrons. The van der Waals surface area contributed by atoms with Crippen molar-refractivity contribution in [2.24, 2.45) is 4.99 Å². The lowest BCUT2D eigenvalue weighted by Gasteiger charge is -2.21. The molecule has 0 spiro atoms. The Bertz CT molecular complexity index is 1110. The third kappa shape index (κ3) is 10.4. The lowest BCUT2D eigenvalue weighted by atomic mass is 10.1. The van der Waals surface area contributed by atoms with Crippen LogP contribution in [0.15, 0.2) is 53.5 Å². The summed E-state index contributed by atoms with van der Waals surface area (Å²) in [6, 6.07) is 13.2. The van der Waals surface area contributed by atoms with Crippen molar-refractivity contribution in [3.63, 3.8) is 0 Å². The zero-order chi connectivity index (χ0) is 26.9. The summed E-state index contributed by atoms with van der Waals surface area (Å²) in [5.41, 5.74) is 0.761. The molecule has 0 saturated carbocycles. The third-order valence-electron chi connectivity index (χ3n) is 4.20. The fourth-order valence-electron chi connectivity index (χ4n) is 2.70. The Labute approximate surface area is 210 Å². The number of amides is 3. The van der Waals surface area contributed by atoms with E-state index in [1.165, 1.54) is 0 Å². The first-order valence-corrected chi connectivity index (χ1v) is 11.3. The topological polar surface area (TPSA) is 135 Å². The lowest BCUT2D eigenvalue weighted by Crippen LogP contribution is -2.44. The van der Waals surface area contributed by atoms with Crippen molar-refractivity contribution in [3.8, 4) is 0 Å². The Morgan fingerprint density at radius 1 is 0.861 bits per heavy atom. The van der Waals surface area contributed by atoms with Crippen LogP contribution in [-0.2, 0) is 16.0 Å². The average molecular weight is 497 g/mol. The van der Waals surface area contributed by atoms with Crippen LogP contribution in [0.1, 0.15) is 67.8 Å². The van der Waals surface area contributed by atoms with Gasteiger partial charge in [0.25, 0.3) is 5.91 Å². The van der Waals surface area contributed by atoms with Crippen LogP contribution in [0.4, 0.5) is 15.3 Å². The molecule has 0 saturated heterocycles. The fourth-order valence-corrected chi connectivity index (χ4v) is 2.70. The lowest BCUT2D eigenvalue weighted by molar-refractivity contribution is 0.0560. The number of aliphatic imine (C=N–C) groups is 1. The number of rotatable bonds is 5. The van der Waals surface area contributed by atoms with E-state index in [0.29, 0.717) is 23.1 Å². The van der Waals surface area contributed by atoms with Crippen LogP contribution in [0.2, 0.25) is 0 Å². The molecule has 0 fully saturated rings. The van der Waals surface area contributed by atoms with Crippen molar-refractivity contribution in [2.45, 2.75) is 59.3 Å². The summed E-state index contributed by atoms with van der Waals surface area (Å²) in [5, 5.41) is 8.09. The van der Waals surface area contributed by atoms with E-state index in [2.05, 4.69) is 20.9 Å². The fraction of sp³-hybridized carbons (Fsp3) is 0.346. The van der Waals surface area contributed by atoms with Gasteiger partial charge in [-0.2, -0.15) is 0 Å². The molecule has 0 atom stereocenters. The monoisotopic (exact) mass is 496 g/mol. The Hall–Kier alpha value is -4.21. The smallest absolute Gasteiger partial charge is 0.437 e. The number of carbonyl (C=O) groups is 4. The van der Waals surface area contributed by atoms with E-state index in [1.807, 2.05) is 0 Å². The zero-order valence-corrected chi connectivity index (χ0v) is 21.3. The molecule has 2 aromatic rings. The van der Waals surface area contributed by atoms with Gasteiger partial charge in [-0.3, -0.25) is 14.9 Å². The van der Waals surface area contributed by atoms with Crippen LogP contribution in [0.3, 0.4) is 0 Å². The van der Waals surface area contributed by atoms with Crippen LogP contribution < -0.4 is 16.0 Å². The minimum atomic E-state index is -0.875. The van der Waals surface area contributed by atoms with E-state index in [0.717, 1.165) is 5.56 Å². The molecule has 0 aliphatic heterocycles. The molecular weight excluding hydrogens is 464 g/mol. The quantitative estimate of drug-likeness (QED) is 0.311. The predicted molar refractivity (Wildman–Crippen MR) is 136 cm³/mol. The SMILES string of the molecule is CC(C)(C)OC(=O)/N=C(/NCc1ccc(NC(=O)c2ccc(C=O)cc2)cc1)NC(=O)OC(C)(C)C. The van der Waals surface area contributed by atoms with Gasteiger partial charge in [0.2, 0.25) is 5.96 Å². The second kappa shape index (κ2) is 12.0. The first-order valence-electron chi connectivity index (χ1n) is 11.3. The first kappa shape index (κ1) is 28.0.